The highest BCUT2D eigenvalue weighted by molar-refractivity contribution is 7.12. The average molecular weight is 266 g/mol. The van der Waals surface area contributed by atoms with Crippen LogP contribution in [0.4, 0.5) is 5.69 Å². The van der Waals surface area contributed by atoms with Crippen LogP contribution in [0, 0.1) is 11.8 Å². The van der Waals surface area contributed by atoms with Crippen molar-refractivity contribution >= 4 is 22.9 Å². The second kappa shape index (κ2) is 5.74. The molecule has 18 heavy (non-hydrogen) atoms. The van der Waals surface area contributed by atoms with Crippen molar-refractivity contribution < 1.29 is 4.79 Å². The Kier molecular flexibility index (Phi) is 4.27. The van der Waals surface area contributed by atoms with E-state index in [4.69, 9.17) is 5.73 Å². The summed E-state index contributed by atoms with van der Waals surface area (Å²) in [4.78, 5) is 15.1. The minimum absolute atomic E-state index is 0.118. The van der Waals surface area contributed by atoms with Crippen LogP contribution in [-0.4, -0.2) is 23.9 Å². The molecule has 1 atom stereocenters. The molecule has 2 N–H and O–H groups in total. The Morgan fingerprint density at radius 2 is 2.22 bits per heavy atom. The van der Waals surface area contributed by atoms with Crippen LogP contribution in [-0.2, 0) is 0 Å². The van der Waals surface area contributed by atoms with E-state index in [0.717, 1.165) is 31.8 Å². The molecule has 3 nitrogen and oxygen atoms in total. The number of nitrogens with two attached hydrogens (primary N) is 1. The molecule has 1 aliphatic rings. The van der Waals surface area contributed by atoms with Gasteiger partial charge in [0.2, 0.25) is 0 Å². The summed E-state index contributed by atoms with van der Waals surface area (Å²) < 4.78 is 0. The van der Waals surface area contributed by atoms with Crippen LogP contribution < -0.4 is 5.73 Å². The second-order valence-electron chi connectivity index (χ2n) is 5.43. The smallest absolute Gasteiger partial charge is 0.266 e. The molecule has 1 aliphatic heterocycles. The summed E-state index contributed by atoms with van der Waals surface area (Å²) in [6, 6.07) is 1.81. The summed E-state index contributed by atoms with van der Waals surface area (Å²) in [5.41, 5.74) is 6.45. The third kappa shape index (κ3) is 2.86. The van der Waals surface area contributed by atoms with Crippen molar-refractivity contribution in [1.82, 2.24) is 4.90 Å². The molecule has 1 saturated heterocycles. The largest absolute Gasteiger partial charge is 0.397 e. The molecule has 4 heteroatoms. The minimum Gasteiger partial charge on any atom is -0.397 e. The van der Waals surface area contributed by atoms with Gasteiger partial charge in [0.05, 0.1) is 5.69 Å². The maximum absolute atomic E-state index is 12.4. The molecule has 1 fully saturated rings. The van der Waals surface area contributed by atoms with Gasteiger partial charge in [-0.1, -0.05) is 13.8 Å². The standard InChI is InChI=1S/C14H22N2OS/c1-10(2)11-4-3-7-16(8-5-11)14(17)13-12(15)6-9-18-13/h6,9-11H,3-5,7-8,15H2,1-2H3. The Labute approximate surface area is 113 Å². The zero-order valence-corrected chi connectivity index (χ0v) is 12.0. The summed E-state index contributed by atoms with van der Waals surface area (Å²) in [5, 5.41) is 1.89. The van der Waals surface area contributed by atoms with Gasteiger partial charge in [0.15, 0.2) is 0 Å². The van der Waals surface area contributed by atoms with Gasteiger partial charge in [-0.25, -0.2) is 0 Å². The molecular formula is C14H22N2OS. The van der Waals surface area contributed by atoms with E-state index in [0.29, 0.717) is 16.5 Å². The third-order valence-corrected chi connectivity index (χ3v) is 4.81. The van der Waals surface area contributed by atoms with E-state index in [1.54, 1.807) is 0 Å². The van der Waals surface area contributed by atoms with Crippen molar-refractivity contribution in [3.63, 3.8) is 0 Å². The van der Waals surface area contributed by atoms with Crippen LogP contribution in [0.3, 0.4) is 0 Å². The predicted molar refractivity (Wildman–Crippen MR) is 76.8 cm³/mol. The number of nitrogen functional groups attached to an aromatic ring is 1. The van der Waals surface area contributed by atoms with Crippen molar-refractivity contribution in [1.29, 1.82) is 0 Å². The third-order valence-electron chi connectivity index (χ3n) is 3.89. The summed E-state index contributed by atoms with van der Waals surface area (Å²) in [6.45, 7) is 6.30. The molecule has 1 aromatic heterocycles. The van der Waals surface area contributed by atoms with E-state index in [1.165, 1.54) is 17.8 Å². The Bertz CT molecular complexity index is 414. The van der Waals surface area contributed by atoms with Gasteiger partial charge in [0.1, 0.15) is 4.88 Å². The fourth-order valence-corrected chi connectivity index (χ4v) is 3.41. The van der Waals surface area contributed by atoms with E-state index < -0.39 is 0 Å². The SMILES string of the molecule is CC(C)C1CCCN(C(=O)c2sccc2N)CC1. The number of nitrogens with zero attached hydrogens (tertiary/aromatic N) is 1. The zero-order chi connectivity index (χ0) is 13.1. The van der Waals surface area contributed by atoms with Crippen LogP contribution in [0.25, 0.3) is 0 Å². The van der Waals surface area contributed by atoms with Gasteiger partial charge in [0, 0.05) is 13.1 Å². The average Bonchev–Trinajstić information content (AvgIpc) is 2.63. The summed E-state index contributed by atoms with van der Waals surface area (Å²) >= 11 is 1.45. The van der Waals surface area contributed by atoms with Crippen molar-refractivity contribution in [2.45, 2.75) is 33.1 Å². The summed E-state index contributed by atoms with van der Waals surface area (Å²) in [5.74, 6) is 1.59. The first-order chi connectivity index (χ1) is 8.59. The lowest BCUT2D eigenvalue weighted by Crippen LogP contribution is -2.32. The number of hydrogen-bond acceptors (Lipinski definition) is 3. The lowest BCUT2D eigenvalue weighted by Gasteiger charge is -2.21. The van der Waals surface area contributed by atoms with Gasteiger partial charge in [0.25, 0.3) is 5.91 Å². The first kappa shape index (κ1) is 13.4. The summed E-state index contributed by atoms with van der Waals surface area (Å²) in [6.07, 6.45) is 3.47. The molecule has 1 aromatic rings. The fourth-order valence-electron chi connectivity index (χ4n) is 2.63. The Balaban J connectivity index is 2.02. The first-order valence-corrected chi connectivity index (χ1v) is 7.59. The van der Waals surface area contributed by atoms with Gasteiger partial charge in [-0.2, -0.15) is 0 Å². The highest BCUT2D eigenvalue weighted by atomic mass is 32.1. The van der Waals surface area contributed by atoms with E-state index in [9.17, 15) is 4.79 Å². The molecule has 1 unspecified atom stereocenters. The fraction of sp³-hybridized carbons (Fsp3) is 0.643. The Morgan fingerprint density at radius 1 is 1.44 bits per heavy atom. The predicted octanol–water partition coefficient (Wildman–Crippen LogP) is 3.23. The molecule has 0 spiro atoms. The van der Waals surface area contributed by atoms with E-state index in [1.807, 2.05) is 16.3 Å². The van der Waals surface area contributed by atoms with Crippen LogP contribution in [0.1, 0.15) is 42.8 Å². The lowest BCUT2D eigenvalue weighted by atomic mass is 9.89. The highest BCUT2D eigenvalue weighted by Crippen LogP contribution is 2.27. The van der Waals surface area contributed by atoms with E-state index >= 15 is 0 Å². The van der Waals surface area contributed by atoms with Gasteiger partial charge >= 0.3 is 0 Å². The Morgan fingerprint density at radius 3 is 2.83 bits per heavy atom. The zero-order valence-electron chi connectivity index (χ0n) is 11.2. The molecule has 2 heterocycles. The number of anilines is 1. The number of likely N-dealkylation sites (tertiary alicyclic amines) is 1. The van der Waals surface area contributed by atoms with Crippen LogP contribution in [0.2, 0.25) is 0 Å². The molecule has 1 amide bonds. The number of amides is 1. The van der Waals surface area contributed by atoms with Gasteiger partial charge in [-0.05, 0) is 42.5 Å². The maximum atomic E-state index is 12.4. The van der Waals surface area contributed by atoms with Crippen molar-refractivity contribution in [3.05, 3.63) is 16.3 Å². The monoisotopic (exact) mass is 266 g/mol. The van der Waals surface area contributed by atoms with Crippen molar-refractivity contribution in [2.75, 3.05) is 18.8 Å². The molecule has 100 valence electrons. The summed E-state index contributed by atoms with van der Waals surface area (Å²) in [7, 11) is 0. The maximum Gasteiger partial charge on any atom is 0.266 e. The number of carbonyl (C=O) groups excluding carboxylic acids is 1. The molecular weight excluding hydrogens is 244 g/mol. The van der Waals surface area contributed by atoms with Crippen LogP contribution >= 0.6 is 11.3 Å². The normalized spacial score (nSPS) is 21.1. The molecule has 0 aliphatic carbocycles. The molecule has 0 radical (unpaired) electrons. The van der Waals surface area contributed by atoms with E-state index in [-0.39, 0.29) is 5.91 Å². The number of hydrogen-bond donors (Lipinski definition) is 1. The lowest BCUT2D eigenvalue weighted by molar-refractivity contribution is 0.0764. The second-order valence-corrected chi connectivity index (χ2v) is 6.35. The minimum atomic E-state index is 0.118. The molecule has 0 aromatic carbocycles. The van der Waals surface area contributed by atoms with Crippen molar-refractivity contribution in [2.24, 2.45) is 11.8 Å². The number of thiophene rings is 1. The highest BCUT2D eigenvalue weighted by Gasteiger charge is 2.24. The molecule has 0 saturated carbocycles. The quantitative estimate of drug-likeness (QED) is 0.893. The van der Waals surface area contributed by atoms with Gasteiger partial charge < -0.3 is 10.6 Å². The first-order valence-electron chi connectivity index (χ1n) is 6.72. The molecule has 0 bridgehead atoms. The van der Waals surface area contributed by atoms with Gasteiger partial charge in [-0.15, -0.1) is 11.3 Å². The topological polar surface area (TPSA) is 46.3 Å². The van der Waals surface area contributed by atoms with Crippen LogP contribution in [0.5, 0.6) is 0 Å². The number of carbonyl (C=O) groups is 1. The Hall–Kier alpha value is -1.03. The molecule has 2 rings (SSSR count). The van der Waals surface area contributed by atoms with Crippen molar-refractivity contribution in [3.8, 4) is 0 Å². The number of rotatable bonds is 2. The van der Waals surface area contributed by atoms with E-state index in [2.05, 4.69) is 13.8 Å². The van der Waals surface area contributed by atoms with Crippen LogP contribution in [0.15, 0.2) is 11.4 Å². The van der Waals surface area contributed by atoms with Gasteiger partial charge in [-0.3, -0.25) is 4.79 Å².